The SMILES string of the molecule is NC(=O)c1cnc(Nc2cccc(NCCCn3ccnc3)n2)s1. The van der Waals surface area contributed by atoms with E-state index in [1.165, 1.54) is 17.5 Å². The number of nitrogens with zero attached hydrogens (tertiary/aromatic N) is 4. The highest BCUT2D eigenvalue weighted by Crippen LogP contribution is 2.21. The van der Waals surface area contributed by atoms with Gasteiger partial charge in [-0.25, -0.2) is 15.0 Å². The van der Waals surface area contributed by atoms with Gasteiger partial charge in [-0.15, -0.1) is 0 Å². The third-order valence-corrected chi connectivity index (χ3v) is 4.12. The van der Waals surface area contributed by atoms with Crippen molar-refractivity contribution in [3.63, 3.8) is 0 Å². The van der Waals surface area contributed by atoms with E-state index in [-0.39, 0.29) is 0 Å². The lowest BCUT2D eigenvalue weighted by atomic mass is 10.4. The molecule has 1 amide bonds. The van der Waals surface area contributed by atoms with E-state index >= 15 is 0 Å². The van der Waals surface area contributed by atoms with E-state index in [0.29, 0.717) is 15.8 Å². The number of pyridine rings is 1. The van der Waals surface area contributed by atoms with Crippen LogP contribution in [-0.4, -0.2) is 32.0 Å². The van der Waals surface area contributed by atoms with Gasteiger partial charge >= 0.3 is 0 Å². The van der Waals surface area contributed by atoms with E-state index in [0.717, 1.165) is 25.3 Å². The van der Waals surface area contributed by atoms with Gasteiger partial charge in [0, 0.05) is 25.5 Å². The van der Waals surface area contributed by atoms with Crippen LogP contribution in [0.5, 0.6) is 0 Å². The molecular formula is C15H17N7OS. The number of nitrogens with one attached hydrogen (secondary N) is 2. The van der Waals surface area contributed by atoms with Crippen molar-refractivity contribution in [1.29, 1.82) is 0 Å². The van der Waals surface area contributed by atoms with Crippen molar-refractivity contribution in [2.45, 2.75) is 13.0 Å². The van der Waals surface area contributed by atoms with Crippen LogP contribution in [0.25, 0.3) is 0 Å². The molecule has 124 valence electrons. The number of thiazole rings is 1. The molecule has 0 aliphatic heterocycles. The molecule has 0 aromatic carbocycles. The molecule has 3 aromatic heterocycles. The van der Waals surface area contributed by atoms with E-state index in [4.69, 9.17) is 5.73 Å². The van der Waals surface area contributed by atoms with Gasteiger partial charge in [-0.2, -0.15) is 0 Å². The standard InChI is InChI=1S/C15H17N7OS/c16-14(23)11-9-19-15(24-11)21-13-4-1-3-12(20-13)18-5-2-7-22-8-6-17-10-22/h1,3-4,6,8-10H,2,5,7H2,(H2,16,23)(H2,18,19,20,21). The number of rotatable bonds is 8. The Bertz CT molecular complexity index is 800. The predicted octanol–water partition coefficient (Wildman–Crippen LogP) is 2.08. The van der Waals surface area contributed by atoms with Gasteiger partial charge in [0.25, 0.3) is 5.91 Å². The Morgan fingerprint density at radius 3 is 2.96 bits per heavy atom. The fraction of sp³-hybridized carbons (Fsp3) is 0.200. The van der Waals surface area contributed by atoms with Gasteiger partial charge < -0.3 is 20.9 Å². The highest BCUT2D eigenvalue weighted by atomic mass is 32.1. The molecule has 3 heterocycles. The summed E-state index contributed by atoms with van der Waals surface area (Å²) in [5.41, 5.74) is 5.22. The average molecular weight is 343 g/mol. The lowest BCUT2D eigenvalue weighted by Crippen LogP contribution is -2.08. The number of hydrogen-bond donors (Lipinski definition) is 3. The number of hydrogen-bond acceptors (Lipinski definition) is 7. The van der Waals surface area contributed by atoms with Crippen molar-refractivity contribution in [3.05, 3.63) is 48.0 Å². The van der Waals surface area contributed by atoms with Crippen LogP contribution in [0.15, 0.2) is 43.1 Å². The molecule has 0 fully saturated rings. The average Bonchev–Trinajstić information content (AvgIpc) is 3.24. The summed E-state index contributed by atoms with van der Waals surface area (Å²) < 4.78 is 2.03. The number of nitrogens with two attached hydrogens (primary N) is 1. The van der Waals surface area contributed by atoms with Crippen LogP contribution in [0.4, 0.5) is 16.8 Å². The Kier molecular flexibility index (Phi) is 5.02. The molecule has 0 aliphatic rings. The first kappa shape index (κ1) is 15.9. The van der Waals surface area contributed by atoms with Crippen molar-refractivity contribution < 1.29 is 4.79 Å². The monoisotopic (exact) mass is 343 g/mol. The maximum Gasteiger partial charge on any atom is 0.260 e. The summed E-state index contributed by atoms with van der Waals surface area (Å²) in [6.45, 7) is 1.71. The lowest BCUT2D eigenvalue weighted by molar-refractivity contribution is 0.100. The predicted molar refractivity (Wildman–Crippen MR) is 93.5 cm³/mol. The van der Waals surface area contributed by atoms with E-state index < -0.39 is 5.91 Å². The highest BCUT2D eigenvalue weighted by Gasteiger charge is 2.07. The van der Waals surface area contributed by atoms with Crippen LogP contribution in [0, 0.1) is 0 Å². The quantitative estimate of drug-likeness (QED) is 0.540. The van der Waals surface area contributed by atoms with Gasteiger partial charge in [0.15, 0.2) is 5.13 Å². The van der Waals surface area contributed by atoms with E-state index in [2.05, 4.69) is 25.6 Å². The normalized spacial score (nSPS) is 10.5. The number of aryl methyl sites for hydroxylation is 1. The molecule has 4 N–H and O–H groups in total. The van der Waals surface area contributed by atoms with Gasteiger partial charge in [0.05, 0.1) is 12.5 Å². The summed E-state index contributed by atoms with van der Waals surface area (Å²) in [4.78, 5) is 24.1. The molecular weight excluding hydrogens is 326 g/mol. The first-order valence-electron chi connectivity index (χ1n) is 7.40. The summed E-state index contributed by atoms with van der Waals surface area (Å²) >= 11 is 1.20. The molecule has 0 saturated heterocycles. The second-order valence-corrected chi connectivity index (χ2v) is 6.04. The van der Waals surface area contributed by atoms with Crippen molar-refractivity contribution >= 4 is 34.0 Å². The summed E-state index contributed by atoms with van der Waals surface area (Å²) in [6.07, 6.45) is 7.93. The maximum atomic E-state index is 11.1. The van der Waals surface area contributed by atoms with E-state index in [9.17, 15) is 4.79 Å². The molecule has 0 radical (unpaired) electrons. The Labute approximate surface area is 142 Å². The smallest absolute Gasteiger partial charge is 0.260 e. The number of aromatic nitrogens is 4. The van der Waals surface area contributed by atoms with Gasteiger partial charge in [0.1, 0.15) is 16.5 Å². The van der Waals surface area contributed by atoms with Gasteiger partial charge in [-0.3, -0.25) is 4.79 Å². The third-order valence-electron chi connectivity index (χ3n) is 3.19. The molecule has 8 nitrogen and oxygen atoms in total. The largest absolute Gasteiger partial charge is 0.370 e. The molecule has 0 atom stereocenters. The zero-order valence-corrected chi connectivity index (χ0v) is 13.7. The second kappa shape index (κ2) is 7.55. The maximum absolute atomic E-state index is 11.1. The Balaban J connectivity index is 1.52. The van der Waals surface area contributed by atoms with Crippen molar-refractivity contribution in [1.82, 2.24) is 19.5 Å². The molecule has 3 aromatic rings. The number of amides is 1. The van der Waals surface area contributed by atoms with Crippen LogP contribution in [0.1, 0.15) is 16.1 Å². The highest BCUT2D eigenvalue weighted by molar-refractivity contribution is 7.17. The number of anilines is 3. The Morgan fingerprint density at radius 1 is 1.33 bits per heavy atom. The Morgan fingerprint density at radius 2 is 2.21 bits per heavy atom. The van der Waals surface area contributed by atoms with Crippen molar-refractivity contribution in [2.75, 3.05) is 17.2 Å². The zero-order valence-electron chi connectivity index (χ0n) is 12.8. The second-order valence-electron chi connectivity index (χ2n) is 5.01. The number of imidazole rings is 1. The fourth-order valence-corrected chi connectivity index (χ4v) is 2.73. The third kappa shape index (κ3) is 4.29. The van der Waals surface area contributed by atoms with E-state index in [1.807, 2.05) is 29.0 Å². The minimum absolute atomic E-state index is 0.409. The first-order chi connectivity index (χ1) is 11.7. The molecule has 0 bridgehead atoms. The topological polar surface area (TPSA) is 111 Å². The fourth-order valence-electron chi connectivity index (χ4n) is 2.06. The number of carbonyl (C=O) groups excluding carboxylic acids is 1. The summed E-state index contributed by atoms with van der Waals surface area (Å²) in [6, 6.07) is 5.64. The minimum atomic E-state index is -0.484. The summed E-state index contributed by atoms with van der Waals surface area (Å²) in [5.74, 6) is 0.944. The van der Waals surface area contributed by atoms with Gasteiger partial charge in [0.2, 0.25) is 0 Å². The molecule has 0 unspecified atom stereocenters. The molecule has 0 spiro atoms. The zero-order chi connectivity index (χ0) is 16.8. The van der Waals surface area contributed by atoms with Crippen LogP contribution >= 0.6 is 11.3 Å². The summed E-state index contributed by atoms with van der Waals surface area (Å²) in [5, 5.41) is 6.93. The van der Waals surface area contributed by atoms with Crippen molar-refractivity contribution in [3.8, 4) is 0 Å². The van der Waals surface area contributed by atoms with Gasteiger partial charge in [-0.05, 0) is 18.6 Å². The Hall–Kier alpha value is -2.94. The van der Waals surface area contributed by atoms with Crippen LogP contribution in [0.2, 0.25) is 0 Å². The lowest BCUT2D eigenvalue weighted by Gasteiger charge is -2.08. The van der Waals surface area contributed by atoms with Crippen LogP contribution < -0.4 is 16.4 Å². The van der Waals surface area contributed by atoms with Gasteiger partial charge in [-0.1, -0.05) is 17.4 Å². The minimum Gasteiger partial charge on any atom is -0.370 e. The molecule has 0 aliphatic carbocycles. The van der Waals surface area contributed by atoms with Crippen molar-refractivity contribution in [2.24, 2.45) is 5.73 Å². The number of primary amides is 1. The summed E-state index contributed by atoms with van der Waals surface area (Å²) in [7, 11) is 0. The molecule has 9 heteroatoms. The molecule has 24 heavy (non-hydrogen) atoms. The number of carbonyl (C=O) groups is 1. The van der Waals surface area contributed by atoms with Crippen LogP contribution in [0.3, 0.4) is 0 Å². The van der Waals surface area contributed by atoms with E-state index in [1.54, 1.807) is 12.5 Å². The van der Waals surface area contributed by atoms with Crippen LogP contribution in [-0.2, 0) is 6.54 Å². The first-order valence-corrected chi connectivity index (χ1v) is 8.22. The molecule has 3 rings (SSSR count). The molecule has 0 saturated carbocycles.